The molecule has 2 saturated carbocycles. The molecule has 2 bridgehead atoms. The fraction of sp³-hybridized carbons (Fsp3) is 0.500. The molecule has 5 nitrogen and oxygen atoms in total. The lowest BCUT2D eigenvalue weighted by Gasteiger charge is -2.19. The van der Waals surface area contributed by atoms with E-state index in [1.165, 1.54) is 4.90 Å². The average molecular weight is 312 g/mol. The lowest BCUT2D eigenvalue weighted by Crippen LogP contribution is -2.39. The molecule has 1 saturated heterocycles. The van der Waals surface area contributed by atoms with Crippen LogP contribution in [0.5, 0.6) is 0 Å². The lowest BCUT2D eigenvalue weighted by atomic mass is 9.81. The fourth-order valence-electron chi connectivity index (χ4n) is 4.61. The number of nitrogens with one attached hydrogen (secondary N) is 1. The first-order valence-corrected chi connectivity index (χ1v) is 8.26. The SMILES string of the molecule is Cc1ccc(NC(=O)CN2C(=O)[C@@H]3[C@H]4CC[C@H](C4)[C@@H]3C2=O)cc1. The van der Waals surface area contributed by atoms with Crippen molar-refractivity contribution < 1.29 is 14.4 Å². The summed E-state index contributed by atoms with van der Waals surface area (Å²) in [6, 6.07) is 7.44. The van der Waals surface area contributed by atoms with E-state index in [9.17, 15) is 14.4 Å². The summed E-state index contributed by atoms with van der Waals surface area (Å²) >= 11 is 0. The maximum absolute atomic E-state index is 12.5. The predicted octanol–water partition coefficient (Wildman–Crippen LogP) is 1.96. The number of anilines is 1. The van der Waals surface area contributed by atoms with Gasteiger partial charge in [-0.3, -0.25) is 19.3 Å². The van der Waals surface area contributed by atoms with Crippen molar-refractivity contribution in [2.24, 2.45) is 23.7 Å². The molecule has 120 valence electrons. The molecule has 1 aromatic carbocycles. The summed E-state index contributed by atoms with van der Waals surface area (Å²) in [5, 5.41) is 2.76. The Kier molecular flexibility index (Phi) is 3.25. The van der Waals surface area contributed by atoms with Crippen LogP contribution in [0.2, 0.25) is 0 Å². The van der Waals surface area contributed by atoms with Crippen LogP contribution < -0.4 is 5.32 Å². The summed E-state index contributed by atoms with van der Waals surface area (Å²) in [7, 11) is 0. The second-order valence-corrected chi connectivity index (χ2v) is 7.06. The second kappa shape index (κ2) is 5.18. The van der Waals surface area contributed by atoms with Gasteiger partial charge in [-0.05, 0) is 50.2 Å². The number of nitrogens with zero attached hydrogens (tertiary/aromatic N) is 1. The molecular formula is C18H20N2O3. The summed E-state index contributed by atoms with van der Waals surface area (Å²) in [6.07, 6.45) is 3.11. The third-order valence-corrected chi connectivity index (χ3v) is 5.66. The van der Waals surface area contributed by atoms with Crippen molar-refractivity contribution in [3.05, 3.63) is 29.8 Å². The van der Waals surface area contributed by atoms with Crippen LogP contribution in [0, 0.1) is 30.6 Å². The van der Waals surface area contributed by atoms with Crippen LogP contribution in [-0.2, 0) is 14.4 Å². The number of fused-ring (bicyclic) bond motifs is 5. The highest BCUT2D eigenvalue weighted by atomic mass is 16.2. The molecule has 23 heavy (non-hydrogen) atoms. The minimum atomic E-state index is -0.317. The normalized spacial score (nSPS) is 31.6. The highest BCUT2D eigenvalue weighted by Gasteiger charge is 2.60. The topological polar surface area (TPSA) is 66.5 Å². The van der Waals surface area contributed by atoms with Gasteiger partial charge >= 0.3 is 0 Å². The first-order valence-electron chi connectivity index (χ1n) is 8.26. The monoisotopic (exact) mass is 312 g/mol. The molecule has 3 aliphatic rings. The van der Waals surface area contributed by atoms with Crippen LogP contribution in [0.15, 0.2) is 24.3 Å². The first-order chi connectivity index (χ1) is 11.0. The molecule has 0 aromatic heterocycles. The van der Waals surface area contributed by atoms with E-state index < -0.39 is 0 Å². The Hall–Kier alpha value is -2.17. The van der Waals surface area contributed by atoms with Crippen molar-refractivity contribution in [2.75, 3.05) is 11.9 Å². The molecule has 0 radical (unpaired) electrons. The molecule has 2 aliphatic carbocycles. The molecule has 1 heterocycles. The van der Waals surface area contributed by atoms with Gasteiger partial charge in [0.25, 0.3) is 0 Å². The number of rotatable bonds is 3. The number of benzene rings is 1. The summed E-state index contributed by atoms with van der Waals surface area (Å²) in [5.41, 5.74) is 1.79. The van der Waals surface area contributed by atoms with Crippen LogP contribution in [0.25, 0.3) is 0 Å². The lowest BCUT2D eigenvalue weighted by molar-refractivity contribution is -0.143. The fourth-order valence-corrected chi connectivity index (χ4v) is 4.61. The Morgan fingerprint density at radius 1 is 1.09 bits per heavy atom. The number of carbonyl (C=O) groups excluding carboxylic acids is 3. The van der Waals surface area contributed by atoms with Gasteiger partial charge in [-0.15, -0.1) is 0 Å². The minimum Gasteiger partial charge on any atom is -0.325 e. The first kappa shape index (κ1) is 14.4. The largest absolute Gasteiger partial charge is 0.325 e. The van der Waals surface area contributed by atoms with E-state index in [-0.39, 0.29) is 36.1 Å². The molecule has 1 N–H and O–H groups in total. The maximum Gasteiger partial charge on any atom is 0.244 e. The number of imide groups is 1. The highest BCUT2D eigenvalue weighted by Crippen LogP contribution is 2.56. The number of hydrogen-bond donors (Lipinski definition) is 1. The zero-order valence-corrected chi connectivity index (χ0v) is 13.1. The average Bonchev–Trinajstić information content (AvgIpc) is 3.19. The van der Waals surface area contributed by atoms with Gasteiger partial charge in [-0.25, -0.2) is 0 Å². The van der Waals surface area contributed by atoms with E-state index in [1.807, 2.05) is 31.2 Å². The Bertz CT molecular complexity index is 654. The van der Waals surface area contributed by atoms with Gasteiger partial charge in [-0.1, -0.05) is 17.7 Å². The van der Waals surface area contributed by atoms with Gasteiger partial charge in [0.1, 0.15) is 6.54 Å². The summed E-state index contributed by atoms with van der Waals surface area (Å²) in [5.74, 6) is -0.194. The quantitative estimate of drug-likeness (QED) is 0.868. The predicted molar refractivity (Wildman–Crippen MR) is 84.3 cm³/mol. The minimum absolute atomic E-state index is 0.133. The van der Waals surface area contributed by atoms with Gasteiger partial charge in [0.05, 0.1) is 11.8 Å². The van der Waals surface area contributed by atoms with E-state index in [2.05, 4.69) is 5.32 Å². The standard InChI is InChI=1S/C18H20N2O3/c1-10-2-6-13(7-3-10)19-14(21)9-20-17(22)15-11-4-5-12(8-11)16(15)18(20)23/h2-3,6-7,11-12,15-16H,4-5,8-9H2,1H3,(H,19,21)/t11-,12+,15+,16-. The van der Waals surface area contributed by atoms with Crippen molar-refractivity contribution in [3.63, 3.8) is 0 Å². The van der Waals surface area contributed by atoms with Gasteiger partial charge in [0.15, 0.2) is 0 Å². The van der Waals surface area contributed by atoms with Crippen molar-refractivity contribution in [3.8, 4) is 0 Å². The third kappa shape index (κ3) is 2.26. The Balaban J connectivity index is 1.44. The van der Waals surface area contributed by atoms with Crippen LogP contribution >= 0.6 is 0 Å². The van der Waals surface area contributed by atoms with Crippen LogP contribution in [-0.4, -0.2) is 29.2 Å². The molecule has 4 rings (SSSR count). The van der Waals surface area contributed by atoms with Gasteiger partial charge in [-0.2, -0.15) is 0 Å². The molecule has 5 heteroatoms. The molecule has 3 fully saturated rings. The van der Waals surface area contributed by atoms with E-state index in [0.29, 0.717) is 17.5 Å². The van der Waals surface area contributed by atoms with Gasteiger partial charge < -0.3 is 5.32 Å². The van der Waals surface area contributed by atoms with Gasteiger partial charge in [0.2, 0.25) is 17.7 Å². The zero-order chi connectivity index (χ0) is 16.1. The van der Waals surface area contributed by atoms with Gasteiger partial charge in [0, 0.05) is 5.69 Å². The molecule has 1 aromatic rings. The number of likely N-dealkylation sites (tertiary alicyclic amines) is 1. The number of amides is 3. The third-order valence-electron chi connectivity index (χ3n) is 5.66. The van der Waals surface area contributed by atoms with E-state index in [0.717, 1.165) is 24.8 Å². The van der Waals surface area contributed by atoms with Crippen molar-refractivity contribution in [2.45, 2.75) is 26.2 Å². The number of carbonyl (C=O) groups is 3. The zero-order valence-electron chi connectivity index (χ0n) is 13.1. The highest BCUT2D eigenvalue weighted by molar-refractivity contribution is 6.09. The Labute approximate surface area is 135 Å². The maximum atomic E-state index is 12.5. The smallest absolute Gasteiger partial charge is 0.244 e. The summed E-state index contributed by atoms with van der Waals surface area (Å²) in [6.45, 7) is 1.80. The van der Waals surface area contributed by atoms with Crippen molar-refractivity contribution >= 4 is 23.4 Å². The summed E-state index contributed by atoms with van der Waals surface area (Å²) in [4.78, 5) is 38.5. The van der Waals surface area contributed by atoms with Crippen molar-refractivity contribution in [1.82, 2.24) is 4.90 Å². The molecule has 1 aliphatic heterocycles. The molecule has 0 spiro atoms. The van der Waals surface area contributed by atoms with Crippen LogP contribution in [0.4, 0.5) is 5.69 Å². The Morgan fingerprint density at radius 3 is 2.22 bits per heavy atom. The molecular weight excluding hydrogens is 292 g/mol. The van der Waals surface area contributed by atoms with Crippen LogP contribution in [0.1, 0.15) is 24.8 Å². The number of aryl methyl sites for hydroxylation is 1. The summed E-state index contributed by atoms with van der Waals surface area (Å²) < 4.78 is 0. The van der Waals surface area contributed by atoms with E-state index in [1.54, 1.807) is 0 Å². The Morgan fingerprint density at radius 2 is 1.65 bits per heavy atom. The molecule has 0 unspecified atom stereocenters. The number of hydrogen-bond acceptors (Lipinski definition) is 3. The molecule has 4 atom stereocenters. The van der Waals surface area contributed by atoms with Crippen molar-refractivity contribution in [1.29, 1.82) is 0 Å². The van der Waals surface area contributed by atoms with E-state index >= 15 is 0 Å². The second-order valence-electron chi connectivity index (χ2n) is 7.06. The molecule has 3 amide bonds. The van der Waals surface area contributed by atoms with Crippen LogP contribution in [0.3, 0.4) is 0 Å². The van der Waals surface area contributed by atoms with E-state index in [4.69, 9.17) is 0 Å².